The zero-order valence-corrected chi connectivity index (χ0v) is 10.7. The van der Waals surface area contributed by atoms with Gasteiger partial charge in [0.2, 0.25) is 0 Å². The minimum atomic E-state index is 0.366. The van der Waals surface area contributed by atoms with Crippen molar-refractivity contribution in [3.63, 3.8) is 0 Å². The third-order valence-electron chi connectivity index (χ3n) is 2.48. The van der Waals surface area contributed by atoms with Crippen LogP contribution in [-0.4, -0.2) is 12.9 Å². The highest BCUT2D eigenvalue weighted by Crippen LogP contribution is 2.27. The highest BCUT2D eigenvalue weighted by molar-refractivity contribution is 6.34. The number of methoxy groups -OCH3 is 1. The van der Waals surface area contributed by atoms with Gasteiger partial charge in [0.25, 0.3) is 0 Å². The van der Waals surface area contributed by atoms with Gasteiger partial charge in [-0.15, -0.1) is 0 Å². The van der Waals surface area contributed by atoms with Gasteiger partial charge in [-0.05, 0) is 24.3 Å². The molecule has 0 aromatic heterocycles. The van der Waals surface area contributed by atoms with Crippen LogP contribution in [0.2, 0.25) is 5.02 Å². The topological polar surface area (TPSA) is 47.6 Å². The van der Waals surface area contributed by atoms with Gasteiger partial charge in [0.05, 0.1) is 12.1 Å². The molecule has 0 unspecified atom stereocenters. The molecule has 0 spiro atoms. The maximum atomic E-state index is 6.07. The molecule has 0 saturated carbocycles. The number of nitrogens with two attached hydrogens (primary N) is 1. The summed E-state index contributed by atoms with van der Waals surface area (Å²) in [6, 6.07) is 14.7. The lowest BCUT2D eigenvalue weighted by molar-refractivity contribution is 0.416. The lowest BCUT2D eigenvalue weighted by atomic mass is 10.2. The summed E-state index contributed by atoms with van der Waals surface area (Å²) in [5.74, 6) is 1.04. The molecule has 0 aliphatic rings. The molecule has 2 rings (SSSR count). The number of ether oxygens (including phenoxy) is 1. The molecule has 0 heterocycles. The van der Waals surface area contributed by atoms with Gasteiger partial charge in [-0.3, -0.25) is 0 Å². The molecule has 0 bridgehead atoms. The van der Waals surface area contributed by atoms with E-state index >= 15 is 0 Å². The van der Waals surface area contributed by atoms with Crippen LogP contribution in [0.4, 0.5) is 5.69 Å². The number of nitrogens with zero attached hydrogens (tertiary/aromatic N) is 1. The van der Waals surface area contributed by atoms with E-state index in [1.54, 1.807) is 13.2 Å². The third kappa shape index (κ3) is 2.63. The van der Waals surface area contributed by atoms with E-state index in [2.05, 4.69) is 4.99 Å². The minimum absolute atomic E-state index is 0.366. The van der Waals surface area contributed by atoms with Crippen molar-refractivity contribution in [1.29, 1.82) is 0 Å². The Morgan fingerprint density at radius 3 is 2.50 bits per heavy atom. The third-order valence-corrected chi connectivity index (χ3v) is 2.81. The van der Waals surface area contributed by atoms with Gasteiger partial charge in [0.15, 0.2) is 0 Å². The zero-order valence-electron chi connectivity index (χ0n) is 9.93. The summed E-state index contributed by atoms with van der Waals surface area (Å²) in [6.45, 7) is 0. The first-order valence-electron chi connectivity index (χ1n) is 5.44. The second kappa shape index (κ2) is 5.56. The van der Waals surface area contributed by atoms with E-state index < -0.39 is 0 Å². The van der Waals surface area contributed by atoms with E-state index in [1.165, 1.54) is 0 Å². The van der Waals surface area contributed by atoms with Crippen LogP contribution in [0.25, 0.3) is 0 Å². The zero-order chi connectivity index (χ0) is 13.0. The smallest absolute Gasteiger partial charge is 0.144 e. The average Bonchev–Trinajstić information content (AvgIpc) is 2.39. The largest absolute Gasteiger partial charge is 0.494 e. The molecular weight excluding hydrogens is 248 g/mol. The van der Waals surface area contributed by atoms with E-state index in [1.807, 2.05) is 42.5 Å². The maximum absolute atomic E-state index is 6.07. The molecule has 2 aromatic carbocycles. The Kier molecular flexibility index (Phi) is 3.85. The highest BCUT2D eigenvalue weighted by atomic mass is 35.5. The van der Waals surface area contributed by atoms with E-state index in [0.29, 0.717) is 27.9 Å². The van der Waals surface area contributed by atoms with Crippen LogP contribution in [0.1, 0.15) is 5.56 Å². The number of amidine groups is 1. The Bertz CT molecular complexity index is 582. The predicted molar refractivity (Wildman–Crippen MR) is 74.8 cm³/mol. The van der Waals surface area contributed by atoms with Crippen molar-refractivity contribution < 1.29 is 4.74 Å². The van der Waals surface area contributed by atoms with Crippen LogP contribution in [0.3, 0.4) is 0 Å². The van der Waals surface area contributed by atoms with Crippen molar-refractivity contribution in [2.45, 2.75) is 0 Å². The molecule has 0 radical (unpaired) electrons. The molecule has 2 N–H and O–H groups in total. The van der Waals surface area contributed by atoms with E-state index in [9.17, 15) is 0 Å². The minimum Gasteiger partial charge on any atom is -0.494 e. The number of hydrogen-bond donors (Lipinski definition) is 1. The highest BCUT2D eigenvalue weighted by Gasteiger charge is 2.05. The van der Waals surface area contributed by atoms with Crippen molar-refractivity contribution in [2.75, 3.05) is 7.11 Å². The van der Waals surface area contributed by atoms with Gasteiger partial charge in [0, 0.05) is 5.56 Å². The van der Waals surface area contributed by atoms with Gasteiger partial charge in [-0.25, -0.2) is 4.99 Å². The monoisotopic (exact) mass is 260 g/mol. The fourth-order valence-electron chi connectivity index (χ4n) is 1.58. The normalized spacial score (nSPS) is 11.3. The average molecular weight is 261 g/mol. The van der Waals surface area contributed by atoms with Gasteiger partial charge >= 0.3 is 0 Å². The summed E-state index contributed by atoms with van der Waals surface area (Å²) >= 11 is 6.07. The van der Waals surface area contributed by atoms with Gasteiger partial charge in [-0.2, -0.15) is 0 Å². The summed E-state index contributed by atoms with van der Waals surface area (Å²) in [5.41, 5.74) is 7.35. The van der Waals surface area contributed by atoms with Crippen molar-refractivity contribution in [3.8, 4) is 5.75 Å². The molecule has 92 valence electrons. The number of halogens is 1. The predicted octanol–water partition coefficient (Wildman–Crippen LogP) is 3.39. The molecule has 0 aliphatic carbocycles. The first-order chi connectivity index (χ1) is 8.72. The van der Waals surface area contributed by atoms with Crippen molar-refractivity contribution >= 4 is 23.1 Å². The number of para-hydroxylation sites is 2. The van der Waals surface area contributed by atoms with Crippen LogP contribution in [0.15, 0.2) is 53.5 Å². The fraction of sp³-hybridized carbons (Fsp3) is 0.0714. The summed E-state index contributed by atoms with van der Waals surface area (Å²) in [5, 5.41) is 0.577. The molecule has 0 aliphatic heterocycles. The molecule has 0 fully saturated rings. The quantitative estimate of drug-likeness (QED) is 0.679. The number of rotatable bonds is 3. The van der Waals surface area contributed by atoms with Gasteiger partial charge in [-0.1, -0.05) is 35.9 Å². The molecule has 0 amide bonds. The van der Waals surface area contributed by atoms with Crippen LogP contribution >= 0.6 is 11.6 Å². The van der Waals surface area contributed by atoms with E-state index in [0.717, 1.165) is 0 Å². The lowest BCUT2D eigenvalue weighted by Gasteiger charge is -2.06. The second-order valence-corrected chi connectivity index (χ2v) is 4.06. The first-order valence-corrected chi connectivity index (χ1v) is 5.82. The molecule has 2 aromatic rings. The summed E-state index contributed by atoms with van der Waals surface area (Å²) < 4.78 is 5.22. The summed E-state index contributed by atoms with van der Waals surface area (Å²) in [6.07, 6.45) is 0. The number of aliphatic imine (C=N–C) groups is 1. The maximum Gasteiger partial charge on any atom is 0.144 e. The van der Waals surface area contributed by atoms with Gasteiger partial charge < -0.3 is 10.5 Å². The standard InChI is InChI=1S/C14H13ClN2O/c1-18-13-9-5-4-8-12(13)17-14(16)10-6-2-3-7-11(10)15/h2-9H,1H3,(H2,16,17). The van der Waals surface area contributed by atoms with Crippen LogP contribution in [-0.2, 0) is 0 Å². The summed E-state index contributed by atoms with van der Waals surface area (Å²) in [7, 11) is 1.60. The first kappa shape index (κ1) is 12.5. The number of hydrogen-bond acceptors (Lipinski definition) is 2. The summed E-state index contributed by atoms with van der Waals surface area (Å²) in [4.78, 5) is 4.35. The van der Waals surface area contributed by atoms with Crippen molar-refractivity contribution in [1.82, 2.24) is 0 Å². The molecule has 18 heavy (non-hydrogen) atoms. The van der Waals surface area contributed by atoms with Crippen molar-refractivity contribution in [2.24, 2.45) is 10.7 Å². The Balaban J connectivity index is 2.42. The second-order valence-electron chi connectivity index (χ2n) is 3.65. The fourth-order valence-corrected chi connectivity index (χ4v) is 1.81. The Hall–Kier alpha value is -2.00. The SMILES string of the molecule is COc1ccccc1N=C(N)c1ccccc1Cl. The molecule has 0 saturated heterocycles. The van der Waals surface area contributed by atoms with Crippen LogP contribution in [0.5, 0.6) is 5.75 Å². The van der Waals surface area contributed by atoms with E-state index in [4.69, 9.17) is 22.1 Å². The Morgan fingerprint density at radius 1 is 1.11 bits per heavy atom. The van der Waals surface area contributed by atoms with Crippen LogP contribution in [0, 0.1) is 0 Å². The molecular formula is C14H13ClN2O. The Labute approximate surface area is 111 Å². The molecule has 4 heteroatoms. The van der Waals surface area contributed by atoms with Crippen LogP contribution < -0.4 is 10.5 Å². The molecule has 0 atom stereocenters. The number of benzene rings is 2. The molecule has 3 nitrogen and oxygen atoms in total. The van der Waals surface area contributed by atoms with Gasteiger partial charge in [0.1, 0.15) is 17.3 Å². The van der Waals surface area contributed by atoms with E-state index in [-0.39, 0.29) is 0 Å². The van der Waals surface area contributed by atoms with Crippen molar-refractivity contribution in [3.05, 3.63) is 59.1 Å². The lowest BCUT2D eigenvalue weighted by Crippen LogP contribution is -2.13. The Morgan fingerprint density at radius 2 is 1.78 bits per heavy atom.